The molecule has 0 aliphatic heterocycles. The van der Waals surface area contributed by atoms with Gasteiger partial charge < -0.3 is 10.1 Å². The van der Waals surface area contributed by atoms with Gasteiger partial charge in [0, 0.05) is 11.6 Å². The smallest absolute Gasteiger partial charge is 0.367 e. The summed E-state index contributed by atoms with van der Waals surface area (Å²) >= 11 is 6.92. The molecule has 1 amide bonds. The average molecular weight is 312 g/mol. The Hall–Kier alpha value is -1.99. The summed E-state index contributed by atoms with van der Waals surface area (Å²) in [6, 6.07) is 3.26. The second kappa shape index (κ2) is 6.44. The summed E-state index contributed by atoms with van der Waals surface area (Å²) < 4.78 is 4.80. The van der Waals surface area contributed by atoms with Gasteiger partial charge in [0.05, 0.1) is 11.6 Å². The summed E-state index contributed by atoms with van der Waals surface area (Å²) in [7, 11) is 0. The average Bonchev–Trinajstić information content (AvgIpc) is 2.91. The van der Waals surface area contributed by atoms with Crippen LogP contribution in [0.15, 0.2) is 23.7 Å². The van der Waals surface area contributed by atoms with Gasteiger partial charge in [0.15, 0.2) is 5.82 Å². The number of anilines is 1. The van der Waals surface area contributed by atoms with E-state index in [0.717, 1.165) is 11.3 Å². The number of nitrogens with one attached hydrogen (secondary N) is 1. The van der Waals surface area contributed by atoms with E-state index in [2.05, 4.69) is 15.3 Å². The molecule has 0 radical (unpaired) electrons. The number of aromatic nitrogens is 2. The molecule has 1 N–H and O–H groups in total. The van der Waals surface area contributed by atoms with Crippen LogP contribution in [0.5, 0.6) is 0 Å². The van der Waals surface area contributed by atoms with Gasteiger partial charge in [-0.25, -0.2) is 14.8 Å². The van der Waals surface area contributed by atoms with Gasteiger partial charge in [0.1, 0.15) is 5.69 Å². The van der Waals surface area contributed by atoms with Crippen LogP contribution in [0.25, 0.3) is 0 Å². The van der Waals surface area contributed by atoms with E-state index >= 15 is 0 Å². The largest absolute Gasteiger partial charge is 0.461 e. The lowest BCUT2D eigenvalue weighted by molar-refractivity contribution is 0.0526. The lowest BCUT2D eigenvalue weighted by Crippen LogP contribution is -2.14. The molecule has 0 spiro atoms. The number of halogens is 1. The number of pyridine rings is 1. The highest BCUT2D eigenvalue weighted by Crippen LogP contribution is 2.19. The summed E-state index contributed by atoms with van der Waals surface area (Å²) in [5.74, 6) is -0.797. The predicted molar refractivity (Wildman–Crippen MR) is 75.3 cm³/mol. The monoisotopic (exact) mass is 311 g/mol. The zero-order valence-electron chi connectivity index (χ0n) is 10.4. The van der Waals surface area contributed by atoms with Crippen molar-refractivity contribution in [3.05, 3.63) is 39.4 Å². The van der Waals surface area contributed by atoms with Crippen LogP contribution in [0.1, 0.15) is 27.2 Å². The number of hydrogen-bond acceptors (Lipinski definition) is 6. The topological polar surface area (TPSA) is 81.2 Å². The van der Waals surface area contributed by atoms with Crippen molar-refractivity contribution in [2.45, 2.75) is 6.92 Å². The molecular formula is C12H10ClN3O3S. The number of carbonyl (C=O) groups is 2. The van der Waals surface area contributed by atoms with Gasteiger partial charge in [0.25, 0.3) is 5.91 Å². The zero-order valence-corrected chi connectivity index (χ0v) is 12.0. The van der Waals surface area contributed by atoms with Crippen LogP contribution in [-0.2, 0) is 4.74 Å². The van der Waals surface area contributed by atoms with Crippen molar-refractivity contribution in [3.63, 3.8) is 0 Å². The second-order valence-electron chi connectivity index (χ2n) is 3.55. The standard InChI is InChI=1S/C12H10ClN3O3S/c1-2-19-12(18)11-15-8(6-20-11)10(17)16-9-7(13)4-3-5-14-9/h3-6H,2H2,1H3,(H,14,16,17). The van der Waals surface area contributed by atoms with Crippen LogP contribution >= 0.6 is 22.9 Å². The van der Waals surface area contributed by atoms with Gasteiger partial charge in [-0.2, -0.15) is 0 Å². The number of esters is 1. The summed E-state index contributed by atoms with van der Waals surface area (Å²) in [6.07, 6.45) is 1.51. The van der Waals surface area contributed by atoms with Crippen molar-refractivity contribution in [1.29, 1.82) is 0 Å². The molecule has 0 saturated carbocycles. The first-order valence-corrected chi connectivity index (χ1v) is 6.92. The number of carbonyl (C=O) groups excluding carboxylic acids is 2. The van der Waals surface area contributed by atoms with E-state index in [1.165, 1.54) is 11.6 Å². The molecule has 8 heteroatoms. The normalized spacial score (nSPS) is 10.1. The maximum absolute atomic E-state index is 11.9. The van der Waals surface area contributed by atoms with Gasteiger partial charge in [-0.3, -0.25) is 4.79 Å². The molecule has 0 bridgehead atoms. The molecule has 20 heavy (non-hydrogen) atoms. The minimum absolute atomic E-state index is 0.111. The Balaban J connectivity index is 2.11. The van der Waals surface area contributed by atoms with Gasteiger partial charge >= 0.3 is 5.97 Å². The molecule has 0 unspecified atom stereocenters. The Kier molecular flexibility index (Phi) is 4.65. The van der Waals surface area contributed by atoms with Crippen molar-refractivity contribution < 1.29 is 14.3 Å². The van der Waals surface area contributed by atoms with Gasteiger partial charge in [-0.05, 0) is 19.1 Å². The fraction of sp³-hybridized carbons (Fsp3) is 0.167. The SMILES string of the molecule is CCOC(=O)c1nc(C(=O)Nc2ncccc2Cl)cs1. The number of rotatable bonds is 4. The first kappa shape index (κ1) is 14.4. The van der Waals surface area contributed by atoms with Crippen LogP contribution < -0.4 is 5.32 Å². The Morgan fingerprint density at radius 2 is 2.30 bits per heavy atom. The highest BCUT2D eigenvalue weighted by atomic mass is 35.5. The third-order valence-corrected chi connectivity index (χ3v) is 3.30. The maximum atomic E-state index is 11.9. The molecule has 2 aromatic rings. The third kappa shape index (κ3) is 3.31. The number of nitrogens with zero attached hydrogens (tertiary/aromatic N) is 2. The summed E-state index contributed by atoms with van der Waals surface area (Å²) in [5.41, 5.74) is 0.111. The van der Waals surface area contributed by atoms with Crippen molar-refractivity contribution >= 4 is 40.6 Å². The van der Waals surface area contributed by atoms with E-state index in [1.54, 1.807) is 19.1 Å². The van der Waals surface area contributed by atoms with E-state index in [1.807, 2.05) is 0 Å². The van der Waals surface area contributed by atoms with E-state index in [-0.39, 0.29) is 23.1 Å². The second-order valence-corrected chi connectivity index (χ2v) is 4.81. The molecule has 2 heterocycles. The highest BCUT2D eigenvalue weighted by molar-refractivity contribution is 7.11. The maximum Gasteiger partial charge on any atom is 0.367 e. The van der Waals surface area contributed by atoms with Gasteiger partial charge in [-0.1, -0.05) is 11.6 Å². The molecule has 0 aromatic carbocycles. The Bertz CT molecular complexity index is 644. The molecule has 0 atom stereocenters. The minimum atomic E-state index is -0.549. The Labute approximate surface area is 123 Å². The number of amides is 1. The highest BCUT2D eigenvalue weighted by Gasteiger charge is 2.17. The molecule has 2 rings (SSSR count). The fourth-order valence-corrected chi connectivity index (χ4v) is 2.17. The molecule has 2 aromatic heterocycles. The number of thiazole rings is 1. The molecular weight excluding hydrogens is 302 g/mol. The first-order chi connectivity index (χ1) is 9.61. The molecule has 0 saturated heterocycles. The lowest BCUT2D eigenvalue weighted by Gasteiger charge is -2.03. The summed E-state index contributed by atoms with van der Waals surface area (Å²) in [4.78, 5) is 31.2. The molecule has 0 aliphatic carbocycles. The molecule has 6 nitrogen and oxygen atoms in total. The van der Waals surface area contributed by atoms with E-state index < -0.39 is 11.9 Å². The predicted octanol–water partition coefficient (Wildman–Crippen LogP) is 2.62. The number of hydrogen-bond donors (Lipinski definition) is 1. The molecule has 0 aliphatic rings. The van der Waals surface area contributed by atoms with Gasteiger partial charge in [-0.15, -0.1) is 11.3 Å². The first-order valence-electron chi connectivity index (χ1n) is 5.66. The van der Waals surface area contributed by atoms with Crippen molar-refractivity contribution in [2.24, 2.45) is 0 Å². The minimum Gasteiger partial charge on any atom is -0.461 e. The van der Waals surface area contributed by atoms with Crippen LogP contribution in [0.4, 0.5) is 5.82 Å². The van der Waals surface area contributed by atoms with E-state index in [0.29, 0.717) is 5.02 Å². The third-order valence-electron chi connectivity index (χ3n) is 2.18. The van der Waals surface area contributed by atoms with Crippen LogP contribution in [0.2, 0.25) is 5.02 Å². The van der Waals surface area contributed by atoms with E-state index in [9.17, 15) is 9.59 Å². The van der Waals surface area contributed by atoms with Crippen LogP contribution in [0.3, 0.4) is 0 Å². The zero-order chi connectivity index (χ0) is 14.5. The van der Waals surface area contributed by atoms with Crippen molar-refractivity contribution in [1.82, 2.24) is 9.97 Å². The lowest BCUT2D eigenvalue weighted by atomic mass is 10.4. The van der Waals surface area contributed by atoms with Crippen molar-refractivity contribution in [3.8, 4) is 0 Å². The Morgan fingerprint density at radius 1 is 1.50 bits per heavy atom. The summed E-state index contributed by atoms with van der Waals surface area (Å²) in [6.45, 7) is 1.95. The van der Waals surface area contributed by atoms with Crippen LogP contribution in [-0.4, -0.2) is 28.5 Å². The van der Waals surface area contributed by atoms with Crippen LogP contribution in [0, 0.1) is 0 Å². The van der Waals surface area contributed by atoms with E-state index in [4.69, 9.17) is 16.3 Å². The quantitative estimate of drug-likeness (QED) is 0.878. The van der Waals surface area contributed by atoms with Crippen molar-refractivity contribution in [2.75, 3.05) is 11.9 Å². The van der Waals surface area contributed by atoms with Gasteiger partial charge in [0.2, 0.25) is 5.01 Å². The number of ether oxygens (including phenoxy) is 1. The molecule has 104 valence electrons. The summed E-state index contributed by atoms with van der Waals surface area (Å²) in [5, 5.41) is 4.44. The fourth-order valence-electron chi connectivity index (χ4n) is 1.31. The molecule has 0 fully saturated rings. The Morgan fingerprint density at radius 3 is 3.00 bits per heavy atom.